The Kier molecular flexibility index (Phi) is 5.51. The van der Waals surface area contributed by atoms with Gasteiger partial charge in [0.1, 0.15) is 5.78 Å². The molecule has 0 spiro atoms. The molecule has 1 nitrogen and oxygen atoms in total. The van der Waals surface area contributed by atoms with Gasteiger partial charge in [-0.15, -0.1) is 0 Å². The lowest BCUT2D eigenvalue weighted by molar-refractivity contribution is -0.121. The molecule has 0 heterocycles. The Morgan fingerprint density at radius 2 is 1.52 bits per heavy atom. The van der Waals surface area contributed by atoms with E-state index in [1.54, 1.807) is 0 Å². The minimum Gasteiger partial charge on any atom is -0.299 e. The lowest BCUT2D eigenvalue weighted by Gasteiger charge is -2.10. The van der Waals surface area contributed by atoms with Gasteiger partial charge in [0.15, 0.2) is 0 Å². The van der Waals surface area contributed by atoms with Crippen molar-refractivity contribution in [2.45, 2.75) is 26.7 Å². The van der Waals surface area contributed by atoms with Gasteiger partial charge in [-0.1, -0.05) is 86.2 Å². The summed E-state index contributed by atoms with van der Waals surface area (Å²) < 4.78 is 0. The van der Waals surface area contributed by atoms with E-state index in [0.717, 1.165) is 12.0 Å². The molecule has 21 heavy (non-hydrogen) atoms. The van der Waals surface area contributed by atoms with E-state index in [4.69, 9.17) is 0 Å². The number of Topliss-reactive ketones (excluding diaryl/α,β-unsaturated/α-hetero) is 1. The molecule has 0 unspecified atom stereocenters. The summed E-state index contributed by atoms with van der Waals surface area (Å²) in [6, 6.07) is 20.5. The number of hydrogen-bond donors (Lipinski definition) is 0. The smallest absolute Gasteiger partial charge is 0.139 e. The quantitative estimate of drug-likeness (QED) is 0.732. The lowest BCUT2D eigenvalue weighted by Crippen LogP contribution is -2.09. The molecule has 2 aromatic rings. The van der Waals surface area contributed by atoms with Gasteiger partial charge in [-0.2, -0.15) is 0 Å². The maximum absolute atomic E-state index is 12.1. The fourth-order valence-corrected chi connectivity index (χ4v) is 2.24. The molecule has 0 radical (unpaired) electrons. The molecule has 0 amide bonds. The molecule has 1 heteroatoms. The van der Waals surface area contributed by atoms with Crippen LogP contribution < -0.4 is 0 Å². The average molecular weight is 278 g/mol. The zero-order valence-electron chi connectivity index (χ0n) is 12.8. The second-order valence-corrected chi connectivity index (χ2v) is 5.67. The average Bonchev–Trinajstić information content (AvgIpc) is 2.49. The molecule has 0 atom stereocenters. The zero-order valence-corrected chi connectivity index (χ0v) is 12.8. The summed E-state index contributed by atoms with van der Waals surface area (Å²) in [5.74, 6) is 0.382. The SMILES string of the molecule is CC(C)C(=O)CC(=Cc1ccccc1)Cc1ccccc1. The third-order valence-electron chi connectivity index (χ3n) is 3.49. The molecule has 0 aliphatic rings. The predicted molar refractivity (Wildman–Crippen MR) is 89.0 cm³/mol. The minimum absolute atomic E-state index is 0.0833. The van der Waals surface area contributed by atoms with E-state index in [9.17, 15) is 4.79 Å². The largest absolute Gasteiger partial charge is 0.299 e. The second-order valence-electron chi connectivity index (χ2n) is 5.67. The molecule has 0 fully saturated rings. The van der Waals surface area contributed by atoms with Crippen LogP contribution in [-0.2, 0) is 11.2 Å². The minimum atomic E-state index is 0.0833. The van der Waals surface area contributed by atoms with Crippen LogP contribution in [0.4, 0.5) is 0 Å². The van der Waals surface area contributed by atoms with Gasteiger partial charge in [-0.3, -0.25) is 4.79 Å². The number of benzene rings is 2. The highest BCUT2D eigenvalue weighted by molar-refractivity contribution is 5.84. The maximum Gasteiger partial charge on any atom is 0.139 e. The number of allylic oxidation sites excluding steroid dienone is 1. The third-order valence-corrected chi connectivity index (χ3v) is 3.49. The fraction of sp³-hybridized carbons (Fsp3) is 0.250. The normalized spacial score (nSPS) is 11.7. The van der Waals surface area contributed by atoms with Gasteiger partial charge in [0.05, 0.1) is 0 Å². The predicted octanol–water partition coefficient (Wildman–Crippen LogP) is 4.93. The van der Waals surface area contributed by atoms with Gasteiger partial charge in [-0.25, -0.2) is 0 Å². The van der Waals surface area contributed by atoms with Crippen LogP contribution in [0.5, 0.6) is 0 Å². The van der Waals surface area contributed by atoms with Gasteiger partial charge in [0, 0.05) is 12.3 Å². The highest BCUT2D eigenvalue weighted by Crippen LogP contribution is 2.18. The van der Waals surface area contributed by atoms with Crippen LogP contribution in [-0.4, -0.2) is 5.78 Å². The standard InChI is InChI=1S/C20H22O/c1-16(2)20(21)15-19(13-17-9-5-3-6-10-17)14-18-11-7-4-8-12-18/h3-13,16H,14-15H2,1-2H3. The van der Waals surface area contributed by atoms with E-state index < -0.39 is 0 Å². The van der Waals surface area contributed by atoms with Crippen molar-refractivity contribution in [3.8, 4) is 0 Å². The molecular weight excluding hydrogens is 256 g/mol. The number of carbonyl (C=O) groups excluding carboxylic acids is 1. The molecule has 108 valence electrons. The summed E-state index contributed by atoms with van der Waals surface area (Å²) in [6.45, 7) is 3.93. The van der Waals surface area contributed by atoms with E-state index in [1.807, 2.05) is 50.2 Å². The lowest BCUT2D eigenvalue weighted by atomic mass is 9.94. The summed E-state index contributed by atoms with van der Waals surface area (Å²) in [5.41, 5.74) is 3.57. The van der Waals surface area contributed by atoms with Crippen molar-refractivity contribution in [3.05, 3.63) is 77.4 Å². The Bertz CT molecular complexity index is 594. The molecule has 2 rings (SSSR count). The molecule has 0 aliphatic heterocycles. The monoisotopic (exact) mass is 278 g/mol. The van der Waals surface area contributed by atoms with Crippen molar-refractivity contribution in [3.63, 3.8) is 0 Å². The molecule has 0 aliphatic carbocycles. The summed E-state index contributed by atoms with van der Waals surface area (Å²) >= 11 is 0. The molecular formula is C20H22O. The first kappa shape index (κ1) is 15.2. The molecule has 2 aromatic carbocycles. The van der Waals surface area contributed by atoms with E-state index in [2.05, 4.69) is 30.3 Å². The van der Waals surface area contributed by atoms with E-state index in [1.165, 1.54) is 11.1 Å². The Morgan fingerprint density at radius 3 is 2.10 bits per heavy atom. The first-order valence-corrected chi connectivity index (χ1v) is 7.46. The molecule has 0 saturated carbocycles. The molecule has 0 saturated heterocycles. The molecule has 0 N–H and O–H groups in total. The second kappa shape index (κ2) is 7.58. The van der Waals surface area contributed by atoms with Crippen LogP contribution in [0.15, 0.2) is 66.2 Å². The maximum atomic E-state index is 12.1. The van der Waals surface area contributed by atoms with Crippen LogP contribution >= 0.6 is 0 Å². The first-order valence-electron chi connectivity index (χ1n) is 7.46. The van der Waals surface area contributed by atoms with E-state index >= 15 is 0 Å². The van der Waals surface area contributed by atoms with Crippen LogP contribution in [0, 0.1) is 5.92 Å². The third kappa shape index (κ3) is 5.03. The summed E-state index contributed by atoms with van der Waals surface area (Å²) in [6.07, 6.45) is 3.50. The van der Waals surface area contributed by atoms with E-state index in [-0.39, 0.29) is 5.92 Å². The Labute approximate surface area is 127 Å². The molecule has 0 aromatic heterocycles. The number of rotatable bonds is 6. The van der Waals surface area contributed by atoms with Crippen LogP contribution in [0.2, 0.25) is 0 Å². The zero-order chi connectivity index (χ0) is 15.1. The van der Waals surface area contributed by atoms with Crippen LogP contribution in [0.1, 0.15) is 31.4 Å². The van der Waals surface area contributed by atoms with Gasteiger partial charge in [0.2, 0.25) is 0 Å². The van der Waals surface area contributed by atoms with Crippen LogP contribution in [0.3, 0.4) is 0 Å². The van der Waals surface area contributed by atoms with Gasteiger partial charge < -0.3 is 0 Å². The van der Waals surface area contributed by atoms with E-state index in [0.29, 0.717) is 12.2 Å². The van der Waals surface area contributed by atoms with Crippen molar-refractivity contribution in [1.82, 2.24) is 0 Å². The van der Waals surface area contributed by atoms with Crippen LogP contribution in [0.25, 0.3) is 6.08 Å². The Balaban J connectivity index is 2.22. The number of carbonyl (C=O) groups is 1. The topological polar surface area (TPSA) is 17.1 Å². The van der Waals surface area contributed by atoms with Crippen molar-refractivity contribution in [1.29, 1.82) is 0 Å². The number of ketones is 1. The fourth-order valence-electron chi connectivity index (χ4n) is 2.24. The summed E-state index contributed by atoms with van der Waals surface area (Å²) in [5, 5.41) is 0. The highest BCUT2D eigenvalue weighted by Gasteiger charge is 2.11. The van der Waals surface area contributed by atoms with Gasteiger partial charge in [-0.05, 0) is 17.5 Å². The van der Waals surface area contributed by atoms with Crippen molar-refractivity contribution in [2.75, 3.05) is 0 Å². The van der Waals surface area contributed by atoms with Crippen molar-refractivity contribution in [2.24, 2.45) is 5.92 Å². The molecule has 0 bridgehead atoms. The van der Waals surface area contributed by atoms with Crippen molar-refractivity contribution < 1.29 is 4.79 Å². The number of hydrogen-bond acceptors (Lipinski definition) is 1. The summed E-state index contributed by atoms with van der Waals surface area (Å²) in [7, 11) is 0. The summed E-state index contributed by atoms with van der Waals surface area (Å²) in [4.78, 5) is 12.1. The first-order chi connectivity index (χ1) is 10.1. The van der Waals surface area contributed by atoms with Crippen molar-refractivity contribution >= 4 is 11.9 Å². The Morgan fingerprint density at radius 1 is 0.952 bits per heavy atom. The Hall–Kier alpha value is -2.15. The highest BCUT2D eigenvalue weighted by atomic mass is 16.1. The van der Waals surface area contributed by atoms with Gasteiger partial charge >= 0.3 is 0 Å². The van der Waals surface area contributed by atoms with Gasteiger partial charge in [0.25, 0.3) is 0 Å².